The van der Waals surface area contributed by atoms with Crippen molar-refractivity contribution >= 4 is 23.4 Å². The zero-order valence-corrected chi connectivity index (χ0v) is 24.8. The molecule has 0 bridgehead atoms. The summed E-state index contributed by atoms with van der Waals surface area (Å²) in [6.45, 7) is 1.49. The number of rotatable bonds is 7. The van der Waals surface area contributed by atoms with Crippen LogP contribution in [0, 0.1) is 0 Å². The molecule has 4 fully saturated rings. The molecule has 40 heavy (non-hydrogen) atoms. The standard InChI is InChI=1S/C34H51N3O3/c1-25(38)35-28-23-26(33(39)36(29-14-6-2-7-15-29)30-16-8-3-9-17-30)22-27(24-28)34(40)37(31-18-10-4-11-19-31)32-20-12-5-13-21-32/h22-24,29-32H,2-21H2,1H3,(H,35,38). The minimum Gasteiger partial charge on any atom is -0.333 e. The fourth-order valence-electron chi connectivity index (χ4n) is 8.14. The van der Waals surface area contributed by atoms with Crippen LogP contribution in [-0.4, -0.2) is 51.7 Å². The molecule has 1 aromatic carbocycles. The van der Waals surface area contributed by atoms with Gasteiger partial charge in [0, 0.05) is 47.9 Å². The third-order valence-corrected chi connectivity index (χ3v) is 10.1. The zero-order valence-electron chi connectivity index (χ0n) is 24.8. The summed E-state index contributed by atoms with van der Waals surface area (Å²) >= 11 is 0. The normalized spacial score (nSPS) is 22.0. The molecule has 0 unspecified atom stereocenters. The Balaban J connectivity index is 1.49. The molecule has 1 aromatic rings. The van der Waals surface area contributed by atoms with Gasteiger partial charge in [-0.1, -0.05) is 77.0 Å². The van der Waals surface area contributed by atoms with Gasteiger partial charge in [-0.15, -0.1) is 0 Å². The number of hydrogen-bond acceptors (Lipinski definition) is 3. The van der Waals surface area contributed by atoms with E-state index in [1.807, 2.05) is 18.2 Å². The quantitative estimate of drug-likeness (QED) is 0.376. The number of carbonyl (C=O) groups excluding carboxylic acids is 3. The summed E-state index contributed by atoms with van der Waals surface area (Å²) in [5.74, 6) is -0.0975. The lowest BCUT2D eigenvalue weighted by Crippen LogP contribution is -2.49. The monoisotopic (exact) mass is 549 g/mol. The Hall–Kier alpha value is -2.37. The van der Waals surface area contributed by atoms with Crippen molar-refractivity contribution in [2.45, 2.75) is 160 Å². The molecular weight excluding hydrogens is 498 g/mol. The molecule has 1 N–H and O–H groups in total. The van der Waals surface area contributed by atoms with Crippen molar-refractivity contribution in [3.8, 4) is 0 Å². The number of anilines is 1. The Morgan fingerprint density at radius 2 is 0.825 bits per heavy atom. The third kappa shape index (κ3) is 7.09. The molecule has 0 spiro atoms. The van der Waals surface area contributed by atoms with E-state index in [4.69, 9.17) is 0 Å². The first-order valence-electron chi connectivity index (χ1n) is 16.6. The van der Waals surface area contributed by atoms with E-state index in [2.05, 4.69) is 15.1 Å². The smallest absolute Gasteiger partial charge is 0.254 e. The van der Waals surface area contributed by atoms with E-state index in [1.165, 1.54) is 84.0 Å². The van der Waals surface area contributed by atoms with Gasteiger partial charge in [0.1, 0.15) is 0 Å². The topological polar surface area (TPSA) is 69.7 Å². The van der Waals surface area contributed by atoms with E-state index >= 15 is 0 Å². The Kier molecular flexibility index (Phi) is 10.2. The summed E-state index contributed by atoms with van der Waals surface area (Å²) < 4.78 is 0. The maximum atomic E-state index is 14.4. The van der Waals surface area contributed by atoms with Crippen LogP contribution in [0.4, 0.5) is 5.69 Å². The summed E-state index contributed by atoms with van der Waals surface area (Å²) in [4.78, 5) is 45.4. The number of amides is 3. The summed E-state index contributed by atoms with van der Waals surface area (Å²) in [5, 5.41) is 2.91. The molecule has 0 heterocycles. The average molecular weight is 550 g/mol. The molecular formula is C34H51N3O3. The van der Waals surface area contributed by atoms with Gasteiger partial charge in [0.25, 0.3) is 11.8 Å². The molecule has 4 aliphatic rings. The van der Waals surface area contributed by atoms with Crippen molar-refractivity contribution < 1.29 is 14.4 Å². The third-order valence-electron chi connectivity index (χ3n) is 10.1. The van der Waals surface area contributed by atoms with Gasteiger partial charge in [0.05, 0.1) is 0 Å². The van der Waals surface area contributed by atoms with Crippen molar-refractivity contribution in [3.05, 3.63) is 29.3 Å². The molecule has 4 saturated carbocycles. The van der Waals surface area contributed by atoms with E-state index in [0.29, 0.717) is 16.8 Å². The van der Waals surface area contributed by atoms with Crippen molar-refractivity contribution in [2.75, 3.05) is 5.32 Å². The molecule has 4 aliphatic carbocycles. The number of carbonyl (C=O) groups is 3. The SMILES string of the molecule is CC(=O)Nc1cc(C(=O)N(C2CCCCC2)C2CCCCC2)cc(C(=O)N(C2CCCCC2)C2CCCCC2)c1. The molecule has 0 aromatic heterocycles. The van der Waals surface area contributed by atoms with Gasteiger partial charge in [-0.3, -0.25) is 14.4 Å². The van der Waals surface area contributed by atoms with E-state index < -0.39 is 0 Å². The Morgan fingerprint density at radius 1 is 0.525 bits per heavy atom. The molecule has 3 amide bonds. The van der Waals surface area contributed by atoms with E-state index in [9.17, 15) is 14.4 Å². The number of benzene rings is 1. The van der Waals surface area contributed by atoms with Gasteiger partial charge < -0.3 is 15.1 Å². The second kappa shape index (κ2) is 14.0. The van der Waals surface area contributed by atoms with E-state index in [1.54, 1.807) is 0 Å². The first-order valence-corrected chi connectivity index (χ1v) is 16.6. The van der Waals surface area contributed by atoms with Crippen LogP contribution >= 0.6 is 0 Å². The second-order valence-corrected chi connectivity index (χ2v) is 13.1. The number of hydrogen-bond donors (Lipinski definition) is 1. The fraction of sp³-hybridized carbons (Fsp3) is 0.735. The van der Waals surface area contributed by atoms with Crippen LogP contribution in [0.15, 0.2) is 18.2 Å². The largest absolute Gasteiger partial charge is 0.333 e. The molecule has 0 atom stereocenters. The van der Waals surface area contributed by atoms with Crippen LogP contribution in [0.2, 0.25) is 0 Å². The summed E-state index contributed by atoms with van der Waals surface area (Å²) in [6.07, 6.45) is 22.9. The predicted octanol–water partition coefficient (Wildman–Crippen LogP) is 7.86. The van der Waals surface area contributed by atoms with E-state index in [0.717, 1.165) is 51.4 Å². The fourth-order valence-corrected chi connectivity index (χ4v) is 8.14. The molecule has 0 saturated heterocycles. The minimum atomic E-state index is -0.184. The van der Waals surface area contributed by atoms with Crippen molar-refractivity contribution in [1.29, 1.82) is 0 Å². The Bertz CT molecular complexity index is 909. The highest BCUT2D eigenvalue weighted by atomic mass is 16.2. The molecule has 220 valence electrons. The molecule has 6 nitrogen and oxygen atoms in total. The lowest BCUT2D eigenvalue weighted by molar-refractivity contribution is -0.114. The van der Waals surface area contributed by atoms with Crippen LogP contribution in [-0.2, 0) is 4.79 Å². The second-order valence-electron chi connectivity index (χ2n) is 13.1. The van der Waals surface area contributed by atoms with Crippen molar-refractivity contribution in [1.82, 2.24) is 9.80 Å². The lowest BCUT2D eigenvalue weighted by Gasteiger charge is -2.42. The van der Waals surface area contributed by atoms with Gasteiger partial charge in [0.2, 0.25) is 5.91 Å². The summed E-state index contributed by atoms with van der Waals surface area (Å²) in [6, 6.07) is 6.56. The maximum Gasteiger partial charge on any atom is 0.254 e. The molecule has 0 aliphatic heterocycles. The first kappa shape index (κ1) is 29.1. The van der Waals surface area contributed by atoms with Gasteiger partial charge in [0.15, 0.2) is 0 Å². The average Bonchev–Trinajstić information content (AvgIpc) is 2.99. The van der Waals surface area contributed by atoms with Crippen LogP contribution in [0.3, 0.4) is 0 Å². The summed E-state index contributed by atoms with van der Waals surface area (Å²) in [7, 11) is 0. The number of nitrogens with one attached hydrogen (secondary N) is 1. The Labute approximate surface area is 241 Å². The first-order chi connectivity index (χ1) is 19.5. The van der Waals surface area contributed by atoms with Gasteiger partial charge in [-0.2, -0.15) is 0 Å². The highest BCUT2D eigenvalue weighted by Crippen LogP contribution is 2.34. The van der Waals surface area contributed by atoms with Crippen molar-refractivity contribution in [2.24, 2.45) is 0 Å². The van der Waals surface area contributed by atoms with Crippen LogP contribution in [0.25, 0.3) is 0 Å². The predicted molar refractivity (Wildman–Crippen MR) is 161 cm³/mol. The maximum absolute atomic E-state index is 14.4. The van der Waals surface area contributed by atoms with Gasteiger partial charge in [-0.25, -0.2) is 0 Å². The minimum absolute atomic E-state index is 0.0435. The Morgan fingerprint density at radius 3 is 1.10 bits per heavy atom. The molecule has 0 radical (unpaired) electrons. The zero-order chi connectivity index (χ0) is 27.9. The van der Waals surface area contributed by atoms with Crippen molar-refractivity contribution in [3.63, 3.8) is 0 Å². The molecule has 5 rings (SSSR count). The van der Waals surface area contributed by atoms with Gasteiger partial charge >= 0.3 is 0 Å². The van der Waals surface area contributed by atoms with E-state index in [-0.39, 0.29) is 41.9 Å². The highest BCUT2D eigenvalue weighted by Gasteiger charge is 2.36. The molecule has 6 heteroatoms. The van der Waals surface area contributed by atoms with Crippen LogP contribution in [0.1, 0.15) is 156 Å². The highest BCUT2D eigenvalue weighted by molar-refractivity contribution is 6.03. The van der Waals surface area contributed by atoms with Crippen LogP contribution < -0.4 is 5.32 Å². The summed E-state index contributed by atoms with van der Waals surface area (Å²) in [5.41, 5.74) is 1.66. The van der Waals surface area contributed by atoms with Crippen LogP contribution in [0.5, 0.6) is 0 Å². The number of nitrogens with zero attached hydrogens (tertiary/aromatic N) is 2. The lowest BCUT2D eigenvalue weighted by atomic mass is 9.87. The van der Waals surface area contributed by atoms with Gasteiger partial charge in [-0.05, 0) is 69.6 Å².